The number of aliphatic hydroxyl groups excluding tert-OH is 1. The zero-order chi connectivity index (χ0) is 13.7. The van der Waals surface area contributed by atoms with E-state index < -0.39 is 0 Å². The summed E-state index contributed by atoms with van der Waals surface area (Å²) in [5.41, 5.74) is 0. The third-order valence-corrected chi connectivity index (χ3v) is 5.10. The third kappa shape index (κ3) is 4.21. The summed E-state index contributed by atoms with van der Waals surface area (Å²) in [7, 11) is 0. The molecule has 106 valence electrons. The van der Waals surface area contributed by atoms with Gasteiger partial charge in [-0.15, -0.1) is 23.1 Å². The monoisotopic (exact) mass is 301 g/mol. The summed E-state index contributed by atoms with van der Waals surface area (Å²) >= 11 is 3.36. The Morgan fingerprint density at radius 2 is 2.53 bits per heavy atom. The molecule has 1 amide bonds. The van der Waals surface area contributed by atoms with Gasteiger partial charge in [0.05, 0.1) is 31.1 Å². The number of thioether (sulfide) groups is 1. The predicted octanol–water partition coefficient (Wildman–Crippen LogP) is 1.59. The van der Waals surface area contributed by atoms with Crippen LogP contribution in [0.2, 0.25) is 0 Å². The van der Waals surface area contributed by atoms with Gasteiger partial charge in [-0.1, -0.05) is 6.07 Å². The molecular formula is C13H19NO3S2. The van der Waals surface area contributed by atoms with E-state index in [1.807, 2.05) is 23.3 Å². The molecule has 0 bridgehead atoms. The van der Waals surface area contributed by atoms with Gasteiger partial charge in [-0.3, -0.25) is 4.79 Å². The van der Waals surface area contributed by atoms with Crippen molar-refractivity contribution < 1.29 is 14.6 Å². The van der Waals surface area contributed by atoms with Crippen molar-refractivity contribution in [3.05, 3.63) is 22.4 Å². The molecule has 1 aromatic rings. The Morgan fingerprint density at radius 1 is 1.68 bits per heavy atom. The fraction of sp³-hybridized carbons (Fsp3) is 0.615. The van der Waals surface area contributed by atoms with Gasteiger partial charge in [0.15, 0.2) is 0 Å². The van der Waals surface area contributed by atoms with Gasteiger partial charge in [-0.2, -0.15) is 0 Å². The Balaban J connectivity index is 1.78. The van der Waals surface area contributed by atoms with E-state index >= 15 is 0 Å². The highest BCUT2D eigenvalue weighted by Gasteiger charge is 2.28. The van der Waals surface area contributed by atoms with E-state index in [0.29, 0.717) is 18.9 Å². The maximum absolute atomic E-state index is 12.2. The van der Waals surface area contributed by atoms with Crippen LogP contribution in [-0.4, -0.2) is 53.6 Å². The van der Waals surface area contributed by atoms with Crippen molar-refractivity contribution in [2.75, 3.05) is 25.5 Å². The first kappa shape index (κ1) is 14.8. The fourth-order valence-corrected chi connectivity index (χ4v) is 3.74. The van der Waals surface area contributed by atoms with Gasteiger partial charge in [0.1, 0.15) is 0 Å². The summed E-state index contributed by atoms with van der Waals surface area (Å²) in [5.74, 6) is 1.50. The van der Waals surface area contributed by atoms with Crippen molar-refractivity contribution >= 4 is 29.0 Å². The zero-order valence-electron chi connectivity index (χ0n) is 10.9. The van der Waals surface area contributed by atoms with Crippen LogP contribution in [0.5, 0.6) is 0 Å². The lowest BCUT2D eigenvalue weighted by Gasteiger charge is -2.37. The number of carbonyl (C=O) groups excluding carboxylic acids is 1. The van der Waals surface area contributed by atoms with Crippen LogP contribution in [-0.2, 0) is 15.3 Å². The summed E-state index contributed by atoms with van der Waals surface area (Å²) < 4.78 is 5.43. The molecule has 1 aliphatic heterocycles. The van der Waals surface area contributed by atoms with E-state index in [0.717, 1.165) is 5.75 Å². The minimum absolute atomic E-state index is 0.0289. The second kappa shape index (κ2) is 7.28. The highest BCUT2D eigenvalue weighted by Crippen LogP contribution is 2.19. The molecule has 0 saturated carbocycles. The third-order valence-electron chi connectivity index (χ3n) is 3.08. The first-order valence-electron chi connectivity index (χ1n) is 6.32. The fourth-order valence-electron chi connectivity index (χ4n) is 1.99. The van der Waals surface area contributed by atoms with E-state index in [1.165, 1.54) is 4.88 Å². The van der Waals surface area contributed by atoms with Crippen molar-refractivity contribution in [1.82, 2.24) is 4.90 Å². The molecule has 1 aliphatic rings. The maximum Gasteiger partial charge on any atom is 0.232 e. The van der Waals surface area contributed by atoms with Gasteiger partial charge in [0, 0.05) is 17.2 Å². The van der Waals surface area contributed by atoms with E-state index in [2.05, 4.69) is 6.07 Å². The molecule has 4 nitrogen and oxygen atoms in total. The minimum Gasteiger partial charge on any atom is -0.394 e. The molecule has 19 heavy (non-hydrogen) atoms. The molecule has 1 aromatic heterocycles. The lowest BCUT2D eigenvalue weighted by molar-refractivity contribution is -0.143. The number of rotatable bonds is 5. The molecule has 2 heterocycles. The molecular weight excluding hydrogens is 282 g/mol. The quantitative estimate of drug-likeness (QED) is 0.897. The number of ether oxygens (including phenoxy) is 1. The predicted molar refractivity (Wildman–Crippen MR) is 78.5 cm³/mol. The van der Waals surface area contributed by atoms with E-state index in [1.54, 1.807) is 23.1 Å². The smallest absolute Gasteiger partial charge is 0.232 e. The molecule has 1 saturated heterocycles. The Bertz CT molecular complexity index is 397. The van der Waals surface area contributed by atoms with Crippen LogP contribution in [0.3, 0.4) is 0 Å². The largest absolute Gasteiger partial charge is 0.394 e. The number of carbonyl (C=O) groups is 1. The number of aliphatic hydroxyl groups is 1. The average molecular weight is 301 g/mol. The molecule has 2 rings (SSSR count). The normalized spacial score (nSPS) is 23.6. The number of nitrogens with zero attached hydrogens (tertiary/aromatic N) is 1. The summed E-state index contributed by atoms with van der Waals surface area (Å²) in [6.07, 6.45) is -0.234. The molecule has 2 unspecified atom stereocenters. The molecule has 6 heteroatoms. The molecule has 0 aliphatic carbocycles. The number of morpholine rings is 1. The summed E-state index contributed by atoms with van der Waals surface area (Å²) in [6.45, 7) is 2.96. The second-order valence-corrected chi connectivity index (χ2v) is 6.62. The van der Waals surface area contributed by atoms with Crippen LogP contribution in [0.25, 0.3) is 0 Å². The van der Waals surface area contributed by atoms with Crippen molar-refractivity contribution in [2.24, 2.45) is 0 Å². The van der Waals surface area contributed by atoms with Gasteiger partial charge >= 0.3 is 0 Å². The molecule has 0 spiro atoms. The highest BCUT2D eigenvalue weighted by molar-refractivity contribution is 7.99. The molecule has 2 atom stereocenters. The molecule has 0 radical (unpaired) electrons. The molecule has 0 aromatic carbocycles. The molecule has 1 N–H and O–H groups in total. The Morgan fingerprint density at radius 3 is 3.21 bits per heavy atom. The van der Waals surface area contributed by atoms with Crippen LogP contribution < -0.4 is 0 Å². The molecule has 1 fully saturated rings. The minimum atomic E-state index is -0.234. The Hall–Kier alpha value is -0.560. The second-order valence-electron chi connectivity index (χ2n) is 4.61. The van der Waals surface area contributed by atoms with Crippen molar-refractivity contribution in [1.29, 1.82) is 0 Å². The van der Waals surface area contributed by atoms with Gasteiger partial charge in [-0.05, 0) is 18.4 Å². The Kier molecular flexibility index (Phi) is 5.69. The maximum atomic E-state index is 12.2. The van der Waals surface area contributed by atoms with Gasteiger partial charge < -0.3 is 14.7 Å². The zero-order valence-corrected chi connectivity index (χ0v) is 12.6. The van der Waals surface area contributed by atoms with Crippen molar-refractivity contribution in [2.45, 2.75) is 24.8 Å². The number of hydrogen-bond acceptors (Lipinski definition) is 5. The lowest BCUT2D eigenvalue weighted by Crippen LogP contribution is -2.52. The standard InChI is InChI=1S/C13H19NO3S2/c1-10-7-17-11(6-15)5-14(10)13(16)9-18-8-12-3-2-4-19-12/h2-4,10-11,15H,5-9H2,1H3. The van der Waals surface area contributed by atoms with Crippen LogP contribution in [0, 0.1) is 0 Å². The van der Waals surface area contributed by atoms with Crippen LogP contribution >= 0.6 is 23.1 Å². The Labute approximate surface area is 121 Å². The van der Waals surface area contributed by atoms with E-state index in [9.17, 15) is 4.79 Å². The van der Waals surface area contributed by atoms with E-state index in [-0.39, 0.29) is 24.7 Å². The first-order valence-corrected chi connectivity index (χ1v) is 8.36. The topological polar surface area (TPSA) is 49.8 Å². The SMILES string of the molecule is CC1COC(CO)CN1C(=O)CSCc1cccs1. The number of amides is 1. The van der Waals surface area contributed by atoms with Crippen LogP contribution in [0.15, 0.2) is 17.5 Å². The number of hydrogen-bond donors (Lipinski definition) is 1. The average Bonchev–Trinajstić information content (AvgIpc) is 2.92. The number of thiophene rings is 1. The lowest BCUT2D eigenvalue weighted by atomic mass is 10.2. The van der Waals surface area contributed by atoms with Gasteiger partial charge in [0.25, 0.3) is 0 Å². The van der Waals surface area contributed by atoms with Crippen molar-refractivity contribution in [3.63, 3.8) is 0 Å². The van der Waals surface area contributed by atoms with Gasteiger partial charge in [0.2, 0.25) is 5.91 Å². The summed E-state index contributed by atoms with van der Waals surface area (Å²) in [4.78, 5) is 15.3. The van der Waals surface area contributed by atoms with E-state index in [4.69, 9.17) is 9.84 Å². The highest BCUT2D eigenvalue weighted by atomic mass is 32.2. The summed E-state index contributed by atoms with van der Waals surface area (Å²) in [5, 5.41) is 11.2. The van der Waals surface area contributed by atoms with Crippen LogP contribution in [0.4, 0.5) is 0 Å². The van der Waals surface area contributed by atoms with Crippen molar-refractivity contribution in [3.8, 4) is 0 Å². The first-order chi connectivity index (χ1) is 9.20. The van der Waals surface area contributed by atoms with Gasteiger partial charge in [-0.25, -0.2) is 0 Å². The van der Waals surface area contributed by atoms with Crippen LogP contribution in [0.1, 0.15) is 11.8 Å². The summed E-state index contributed by atoms with van der Waals surface area (Å²) in [6, 6.07) is 4.21.